The van der Waals surface area contributed by atoms with Gasteiger partial charge in [-0.05, 0) is 18.2 Å². The Labute approximate surface area is 87.7 Å². The Hall–Kier alpha value is -1.22. The number of hydrogen-bond acceptors (Lipinski definition) is 3. The van der Waals surface area contributed by atoms with E-state index < -0.39 is 0 Å². The predicted octanol–water partition coefficient (Wildman–Crippen LogP) is 2.18. The number of aliphatic imine (C=N–C) groups is 1. The van der Waals surface area contributed by atoms with Crippen LogP contribution in [0.15, 0.2) is 29.3 Å². The molecule has 0 aromatic heterocycles. The Kier molecular flexibility index (Phi) is 2.89. The van der Waals surface area contributed by atoms with Crippen molar-refractivity contribution in [1.29, 1.82) is 0 Å². The molecule has 2 rings (SSSR count). The van der Waals surface area contributed by atoms with E-state index in [0.717, 1.165) is 17.3 Å². The quantitative estimate of drug-likeness (QED) is 0.830. The second-order valence-electron chi connectivity index (χ2n) is 3.13. The minimum atomic E-state index is 0.217. The molecule has 0 radical (unpaired) electrons. The van der Waals surface area contributed by atoms with Crippen LogP contribution in [-0.2, 0) is 4.74 Å². The molecule has 1 aromatic carbocycles. The number of ether oxygens (including phenoxy) is 1. The molecule has 1 atom stereocenters. The van der Waals surface area contributed by atoms with Crippen LogP contribution in [-0.4, -0.2) is 25.6 Å². The van der Waals surface area contributed by atoms with Crippen molar-refractivity contribution in [3.63, 3.8) is 0 Å². The third-order valence-electron chi connectivity index (χ3n) is 2.00. The number of rotatable bonds is 3. The van der Waals surface area contributed by atoms with Crippen molar-refractivity contribution in [2.75, 3.05) is 18.5 Å². The lowest BCUT2D eigenvalue weighted by Gasteiger charge is -2.08. The number of benzene rings is 1. The molecule has 0 amide bonds. The van der Waals surface area contributed by atoms with E-state index in [9.17, 15) is 0 Å². The molecule has 0 fully saturated rings. The Morgan fingerprint density at radius 3 is 3.21 bits per heavy atom. The van der Waals surface area contributed by atoms with Crippen LogP contribution in [0.2, 0.25) is 5.02 Å². The molecule has 14 heavy (non-hydrogen) atoms. The summed E-state index contributed by atoms with van der Waals surface area (Å²) in [6, 6.07) is 7.85. The van der Waals surface area contributed by atoms with Crippen molar-refractivity contribution in [1.82, 2.24) is 0 Å². The van der Waals surface area contributed by atoms with Crippen LogP contribution in [0.3, 0.4) is 0 Å². The monoisotopic (exact) mass is 210 g/mol. The second kappa shape index (κ2) is 4.33. The van der Waals surface area contributed by atoms with E-state index in [1.54, 1.807) is 0 Å². The topological polar surface area (TPSA) is 33.6 Å². The van der Waals surface area contributed by atoms with Gasteiger partial charge in [0.1, 0.15) is 12.6 Å². The third kappa shape index (κ3) is 2.39. The van der Waals surface area contributed by atoms with E-state index >= 15 is 0 Å². The van der Waals surface area contributed by atoms with Crippen LogP contribution >= 0.6 is 11.6 Å². The average molecular weight is 211 g/mol. The number of nitrogens with one attached hydrogen (secondary N) is 1. The van der Waals surface area contributed by atoms with Crippen molar-refractivity contribution >= 4 is 23.7 Å². The van der Waals surface area contributed by atoms with Crippen LogP contribution in [0.1, 0.15) is 0 Å². The van der Waals surface area contributed by atoms with Crippen LogP contribution in [0, 0.1) is 0 Å². The fourth-order valence-corrected chi connectivity index (χ4v) is 1.46. The van der Waals surface area contributed by atoms with E-state index in [-0.39, 0.29) is 6.04 Å². The van der Waals surface area contributed by atoms with Gasteiger partial charge in [0.15, 0.2) is 6.40 Å². The molecule has 1 heterocycles. The van der Waals surface area contributed by atoms with E-state index in [0.29, 0.717) is 6.61 Å². The zero-order chi connectivity index (χ0) is 9.80. The van der Waals surface area contributed by atoms with Crippen molar-refractivity contribution < 1.29 is 4.74 Å². The highest BCUT2D eigenvalue weighted by atomic mass is 35.5. The van der Waals surface area contributed by atoms with E-state index in [1.807, 2.05) is 24.3 Å². The summed E-state index contributed by atoms with van der Waals surface area (Å²) in [5.74, 6) is 0. The lowest BCUT2D eigenvalue weighted by molar-refractivity contribution is 0.332. The smallest absolute Gasteiger partial charge is 0.169 e. The third-order valence-corrected chi connectivity index (χ3v) is 2.24. The van der Waals surface area contributed by atoms with Crippen molar-refractivity contribution in [3.8, 4) is 0 Å². The molecule has 0 bridgehead atoms. The summed E-state index contributed by atoms with van der Waals surface area (Å²) in [6.07, 6.45) is 1.50. The molecule has 0 saturated carbocycles. The molecular weight excluding hydrogens is 200 g/mol. The van der Waals surface area contributed by atoms with Gasteiger partial charge in [0.25, 0.3) is 0 Å². The molecule has 0 spiro atoms. The largest absolute Gasteiger partial charge is 0.481 e. The van der Waals surface area contributed by atoms with Gasteiger partial charge in [-0.3, -0.25) is 0 Å². The molecule has 0 aliphatic carbocycles. The fourth-order valence-electron chi connectivity index (χ4n) is 1.27. The summed E-state index contributed by atoms with van der Waals surface area (Å²) in [7, 11) is 0. The van der Waals surface area contributed by atoms with Gasteiger partial charge in [-0.1, -0.05) is 17.7 Å². The van der Waals surface area contributed by atoms with Crippen LogP contribution in [0.25, 0.3) is 0 Å². The highest BCUT2D eigenvalue weighted by Gasteiger charge is 2.10. The van der Waals surface area contributed by atoms with Gasteiger partial charge < -0.3 is 10.1 Å². The number of halogens is 1. The van der Waals surface area contributed by atoms with Gasteiger partial charge in [-0.2, -0.15) is 0 Å². The first-order valence-corrected chi connectivity index (χ1v) is 4.85. The van der Waals surface area contributed by atoms with Crippen LogP contribution < -0.4 is 5.32 Å². The highest BCUT2D eigenvalue weighted by molar-refractivity contribution is 6.30. The van der Waals surface area contributed by atoms with Gasteiger partial charge in [0.05, 0.1) is 0 Å². The molecule has 1 aromatic rings. The standard InChI is InChI=1S/C10H11ClN2O/c11-8-2-1-3-9(4-8)12-5-10-6-14-7-13-10/h1-4,7,10,12H,5-6H2/t10-/m0/s1. The minimum absolute atomic E-state index is 0.217. The zero-order valence-electron chi connectivity index (χ0n) is 7.61. The second-order valence-corrected chi connectivity index (χ2v) is 3.57. The SMILES string of the molecule is Clc1cccc(NC[C@H]2COC=N2)c1. The first-order valence-electron chi connectivity index (χ1n) is 4.47. The van der Waals surface area contributed by atoms with Gasteiger partial charge in [-0.15, -0.1) is 0 Å². The van der Waals surface area contributed by atoms with Crippen molar-refractivity contribution in [2.45, 2.75) is 6.04 Å². The maximum Gasteiger partial charge on any atom is 0.169 e. The van der Waals surface area contributed by atoms with Crippen LogP contribution in [0.4, 0.5) is 5.69 Å². The summed E-state index contributed by atoms with van der Waals surface area (Å²) in [5, 5.41) is 3.99. The number of nitrogens with zero attached hydrogens (tertiary/aromatic N) is 1. The lowest BCUT2D eigenvalue weighted by atomic mass is 10.3. The molecular formula is C10H11ClN2O. The van der Waals surface area contributed by atoms with Crippen molar-refractivity contribution in [3.05, 3.63) is 29.3 Å². The zero-order valence-corrected chi connectivity index (χ0v) is 8.37. The Bertz CT molecular complexity index is 341. The summed E-state index contributed by atoms with van der Waals surface area (Å²) >= 11 is 5.85. The highest BCUT2D eigenvalue weighted by Crippen LogP contribution is 2.15. The summed E-state index contributed by atoms with van der Waals surface area (Å²) in [6.45, 7) is 1.43. The van der Waals surface area contributed by atoms with E-state index in [1.165, 1.54) is 6.40 Å². The predicted molar refractivity (Wildman–Crippen MR) is 58.2 cm³/mol. The minimum Gasteiger partial charge on any atom is -0.481 e. The molecule has 1 aliphatic heterocycles. The van der Waals surface area contributed by atoms with Gasteiger partial charge >= 0.3 is 0 Å². The first kappa shape index (κ1) is 9.34. The lowest BCUT2D eigenvalue weighted by Crippen LogP contribution is -2.18. The van der Waals surface area contributed by atoms with E-state index in [2.05, 4.69) is 10.3 Å². The van der Waals surface area contributed by atoms with Crippen LogP contribution in [0.5, 0.6) is 0 Å². The Morgan fingerprint density at radius 2 is 2.50 bits per heavy atom. The average Bonchev–Trinajstić information content (AvgIpc) is 2.67. The molecule has 4 heteroatoms. The van der Waals surface area contributed by atoms with Crippen molar-refractivity contribution in [2.24, 2.45) is 4.99 Å². The Morgan fingerprint density at radius 1 is 1.57 bits per heavy atom. The Balaban J connectivity index is 1.88. The fraction of sp³-hybridized carbons (Fsp3) is 0.300. The maximum atomic E-state index is 5.85. The molecule has 3 nitrogen and oxygen atoms in total. The molecule has 74 valence electrons. The van der Waals surface area contributed by atoms with E-state index in [4.69, 9.17) is 16.3 Å². The number of anilines is 1. The van der Waals surface area contributed by atoms with Gasteiger partial charge in [0, 0.05) is 17.3 Å². The molecule has 1 aliphatic rings. The molecule has 0 unspecified atom stereocenters. The summed E-state index contributed by atoms with van der Waals surface area (Å²) in [5.41, 5.74) is 1.01. The van der Waals surface area contributed by atoms with Gasteiger partial charge in [-0.25, -0.2) is 4.99 Å². The molecule has 1 N–H and O–H groups in total. The summed E-state index contributed by atoms with van der Waals surface area (Å²) < 4.78 is 5.01. The van der Waals surface area contributed by atoms with Gasteiger partial charge in [0.2, 0.25) is 0 Å². The molecule has 0 saturated heterocycles. The normalized spacial score (nSPS) is 19.4. The first-order chi connectivity index (χ1) is 6.84. The maximum absolute atomic E-state index is 5.85. The number of hydrogen-bond donors (Lipinski definition) is 1. The summed E-state index contributed by atoms with van der Waals surface area (Å²) in [4.78, 5) is 4.13.